The van der Waals surface area contributed by atoms with E-state index in [2.05, 4.69) is 31.2 Å². The molecule has 0 aliphatic rings. The van der Waals surface area contributed by atoms with Crippen molar-refractivity contribution in [1.29, 1.82) is 0 Å². The number of rotatable bonds is 13. The molecule has 0 heterocycles. The summed E-state index contributed by atoms with van der Waals surface area (Å²) in [6.07, 6.45) is 23.5. The molecule has 2 nitrogen and oxygen atoms in total. The largest absolute Gasteiger partial charge is 0.481 e. The summed E-state index contributed by atoms with van der Waals surface area (Å²) in [6, 6.07) is 0. The molecule has 0 aromatic rings. The first-order valence-electron chi connectivity index (χ1n) is 7.95. The van der Waals surface area contributed by atoms with Crippen molar-refractivity contribution in [1.82, 2.24) is 0 Å². The maximum absolute atomic E-state index is 10.3. The molecule has 0 bridgehead atoms. The maximum Gasteiger partial charge on any atom is 0.307 e. The van der Waals surface area contributed by atoms with Crippen molar-refractivity contribution in [3.8, 4) is 0 Å². The van der Waals surface area contributed by atoms with E-state index in [-0.39, 0.29) is 6.42 Å². The summed E-state index contributed by atoms with van der Waals surface area (Å²) in [6.45, 7) is 2.24. The zero-order valence-corrected chi connectivity index (χ0v) is 12.9. The molecule has 0 aliphatic carbocycles. The van der Waals surface area contributed by atoms with Crippen LogP contribution in [0.1, 0.15) is 71.1 Å². The van der Waals surface area contributed by atoms with E-state index in [4.69, 9.17) is 5.11 Å². The number of unbranched alkanes of at least 4 members (excludes halogenated alkanes) is 7. The third-order valence-corrected chi connectivity index (χ3v) is 3.06. The topological polar surface area (TPSA) is 37.3 Å². The lowest BCUT2D eigenvalue weighted by Crippen LogP contribution is -1.89. The van der Waals surface area contributed by atoms with E-state index in [0.717, 1.165) is 25.7 Å². The molecule has 114 valence electrons. The van der Waals surface area contributed by atoms with Crippen LogP contribution in [-0.2, 0) is 4.79 Å². The molecule has 0 rings (SSSR count). The second-order valence-corrected chi connectivity index (χ2v) is 5.06. The quantitative estimate of drug-likeness (QED) is 0.268. The molecule has 0 fully saturated rings. The lowest BCUT2D eigenvalue weighted by Gasteiger charge is -1.93. The number of aliphatic carboxylic acids is 1. The van der Waals surface area contributed by atoms with Gasteiger partial charge < -0.3 is 5.11 Å². The first-order chi connectivity index (χ1) is 9.77. The molecule has 0 amide bonds. The minimum Gasteiger partial charge on any atom is -0.481 e. The molecule has 0 spiro atoms. The zero-order chi connectivity index (χ0) is 14.9. The normalized spacial score (nSPS) is 12.1. The van der Waals surface area contributed by atoms with Crippen molar-refractivity contribution >= 4 is 5.97 Å². The molecule has 0 saturated carbocycles. The fourth-order valence-electron chi connectivity index (χ4n) is 1.86. The molecule has 2 heteroatoms. The lowest BCUT2D eigenvalue weighted by atomic mass is 10.1. The number of hydrogen-bond acceptors (Lipinski definition) is 1. The van der Waals surface area contributed by atoms with E-state index >= 15 is 0 Å². The van der Waals surface area contributed by atoms with Gasteiger partial charge in [-0.15, -0.1) is 0 Å². The van der Waals surface area contributed by atoms with Crippen molar-refractivity contribution in [2.75, 3.05) is 0 Å². The highest BCUT2D eigenvalue weighted by Crippen LogP contribution is 2.04. The van der Waals surface area contributed by atoms with Crippen LogP contribution in [-0.4, -0.2) is 11.1 Å². The summed E-state index contributed by atoms with van der Waals surface area (Å²) >= 11 is 0. The average Bonchev–Trinajstić information content (AvgIpc) is 2.43. The predicted molar refractivity (Wildman–Crippen MR) is 86.9 cm³/mol. The van der Waals surface area contributed by atoms with E-state index in [1.807, 2.05) is 6.08 Å². The van der Waals surface area contributed by atoms with Gasteiger partial charge in [-0.05, 0) is 38.5 Å². The molecule has 0 radical (unpaired) electrons. The van der Waals surface area contributed by atoms with Crippen LogP contribution < -0.4 is 0 Å². The maximum atomic E-state index is 10.3. The van der Waals surface area contributed by atoms with E-state index in [1.54, 1.807) is 6.08 Å². The molecular formula is C18H30O2. The Morgan fingerprint density at radius 2 is 1.35 bits per heavy atom. The minimum absolute atomic E-state index is 0.142. The van der Waals surface area contributed by atoms with Crippen LogP contribution in [0.5, 0.6) is 0 Å². The summed E-state index contributed by atoms with van der Waals surface area (Å²) in [7, 11) is 0. The first-order valence-corrected chi connectivity index (χ1v) is 7.95. The van der Waals surface area contributed by atoms with Crippen LogP contribution in [0.15, 0.2) is 36.5 Å². The molecule has 0 unspecified atom stereocenters. The van der Waals surface area contributed by atoms with Gasteiger partial charge >= 0.3 is 5.97 Å². The second-order valence-electron chi connectivity index (χ2n) is 5.06. The van der Waals surface area contributed by atoms with Crippen molar-refractivity contribution in [3.63, 3.8) is 0 Å². The fraction of sp³-hybridized carbons (Fsp3) is 0.611. The third kappa shape index (κ3) is 16.7. The van der Waals surface area contributed by atoms with Gasteiger partial charge in [0.05, 0.1) is 6.42 Å². The van der Waals surface area contributed by atoms with Crippen LogP contribution in [0.4, 0.5) is 0 Å². The standard InChI is InChI=1S/C18H30O2/c1-2-3-4-5-6-7-8-9-10-11-12-13-14-15-16-17-18(19)20/h7-10,15-16H,2-6,11-14,17H2,1H3,(H,19,20)/b8-7+,10-9-,16-15+. The number of hydrogen-bond donors (Lipinski definition) is 1. The number of allylic oxidation sites excluding steroid dienone is 5. The number of carboxylic acid groups (broad SMARTS) is 1. The zero-order valence-electron chi connectivity index (χ0n) is 12.9. The number of carbonyl (C=O) groups is 1. The predicted octanol–water partition coefficient (Wildman–Crippen LogP) is 5.66. The third-order valence-electron chi connectivity index (χ3n) is 3.06. The smallest absolute Gasteiger partial charge is 0.307 e. The monoisotopic (exact) mass is 278 g/mol. The Morgan fingerprint density at radius 3 is 1.90 bits per heavy atom. The van der Waals surface area contributed by atoms with Gasteiger partial charge in [0.2, 0.25) is 0 Å². The highest BCUT2D eigenvalue weighted by molar-refractivity contribution is 5.68. The molecule has 0 aromatic carbocycles. The average molecular weight is 278 g/mol. The van der Waals surface area contributed by atoms with Crippen LogP contribution in [0.2, 0.25) is 0 Å². The van der Waals surface area contributed by atoms with Gasteiger partial charge in [0.15, 0.2) is 0 Å². The molecule has 0 atom stereocenters. The highest BCUT2D eigenvalue weighted by Gasteiger charge is 1.88. The Balaban J connectivity index is 3.29. The van der Waals surface area contributed by atoms with Gasteiger partial charge in [0, 0.05) is 0 Å². The van der Waals surface area contributed by atoms with Crippen LogP contribution in [0.3, 0.4) is 0 Å². The Bertz CT molecular complexity index is 301. The summed E-state index contributed by atoms with van der Waals surface area (Å²) in [5.74, 6) is -0.759. The number of carboxylic acids is 1. The summed E-state index contributed by atoms with van der Waals surface area (Å²) in [5.41, 5.74) is 0. The van der Waals surface area contributed by atoms with Gasteiger partial charge in [-0.1, -0.05) is 62.6 Å². The minimum atomic E-state index is -0.759. The highest BCUT2D eigenvalue weighted by atomic mass is 16.4. The molecule has 0 aliphatic heterocycles. The van der Waals surface area contributed by atoms with Crippen LogP contribution in [0, 0.1) is 0 Å². The van der Waals surface area contributed by atoms with E-state index in [1.165, 1.54) is 32.1 Å². The van der Waals surface area contributed by atoms with E-state index in [0.29, 0.717) is 0 Å². The molecule has 1 N–H and O–H groups in total. The lowest BCUT2D eigenvalue weighted by molar-refractivity contribution is -0.136. The molecule has 20 heavy (non-hydrogen) atoms. The second kappa shape index (κ2) is 15.7. The molecular weight excluding hydrogens is 248 g/mol. The van der Waals surface area contributed by atoms with Crippen molar-refractivity contribution in [2.45, 2.75) is 71.1 Å². The SMILES string of the molecule is CCCCCC/C=C/C=C\CCCC/C=C/CC(=O)O. The van der Waals surface area contributed by atoms with Crippen molar-refractivity contribution in [2.24, 2.45) is 0 Å². The fourth-order valence-corrected chi connectivity index (χ4v) is 1.86. The Hall–Kier alpha value is -1.31. The van der Waals surface area contributed by atoms with E-state index in [9.17, 15) is 4.79 Å². The molecule has 0 aromatic heterocycles. The summed E-state index contributed by atoms with van der Waals surface area (Å²) in [5, 5.41) is 8.45. The van der Waals surface area contributed by atoms with E-state index < -0.39 is 5.97 Å². The van der Waals surface area contributed by atoms with Crippen molar-refractivity contribution < 1.29 is 9.90 Å². The molecule has 0 saturated heterocycles. The van der Waals surface area contributed by atoms with Crippen LogP contribution in [0.25, 0.3) is 0 Å². The summed E-state index contributed by atoms with van der Waals surface area (Å²) < 4.78 is 0. The first kappa shape index (κ1) is 18.7. The Morgan fingerprint density at radius 1 is 0.800 bits per heavy atom. The van der Waals surface area contributed by atoms with Crippen molar-refractivity contribution in [3.05, 3.63) is 36.5 Å². The Kier molecular flexibility index (Phi) is 14.7. The van der Waals surface area contributed by atoms with Gasteiger partial charge in [-0.3, -0.25) is 4.79 Å². The van der Waals surface area contributed by atoms with Gasteiger partial charge in [-0.2, -0.15) is 0 Å². The summed E-state index contributed by atoms with van der Waals surface area (Å²) in [4.78, 5) is 10.3. The van der Waals surface area contributed by atoms with Gasteiger partial charge in [-0.25, -0.2) is 0 Å². The van der Waals surface area contributed by atoms with Gasteiger partial charge in [0.25, 0.3) is 0 Å². The van der Waals surface area contributed by atoms with Gasteiger partial charge in [0.1, 0.15) is 0 Å². The Labute approximate surface area is 124 Å². The van der Waals surface area contributed by atoms with Crippen LogP contribution >= 0.6 is 0 Å².